The van der Waals surface area contributed by atoms with Gasteiger partial charge >= 0.3 is 5.97 Å². The molecule has 4 heteroatoms. The number of halogens is 1. The first-order chi connectivity index (χ1) is 10.9. The van der Waals surface area contributed by atoms with Crippen molar-refractivity contribution in [3.63, 3.8) is 0 Å². The number of carbonyl (C=O) groups excluding carboxylic acids is 1. The lowest BCUT2D eigenvalue weighted by atomic mass is 9.73. The fraction of sp³-hybridized carbons (Fsp3) is 0.632. The Labute approximate surface area is 138 Å². The van der Waals surface area contributed by atoms with E-state index in [9.17, 15) is 9.18 Å². The molecule has 23 heavy (non-hydrogen) atoms. The zero-order chi connectivity index (χ0) is 17.0. The van der Waals surface area contributed by atoms with E-state index < -0.39 is 6.04 Å². The third kappa shape index (κ3) is 4.54. The summed E-state index contributed by atoms with van der Waals surface area (Å²) in [4.78, 5) is 11.9. The summed E-state index contributed by atoms with van der Waals surface area (Å²) in [6.45, 7) is 5.49. The van der Waals surface area contributed by atoms with E-state index in [1.54, 1.807) is 13.0 Å². The SMILES string of the molecule is Cc1cc(F)ccc1[C@@H](C1CCCCC1)[C@H](C)OC(=O)[C@H](C)N. The van der Waals surface area contributed by atoms with E-state index in [2.05, 4.69) is 0 Å². The van der Waals surface area contributed by atoms with Crippen LogP contribution in [-0.4, -0.2) is 18.1 Å². The van der Waals surface area contributed by atoms with E-state index in [1.165, 1.54) is 25.3 Å². The molecule has 0 saturated heterocycles. The second-order valence-electron chi connectivity index (χ2n) is 6.86. The number of esters is 1. The number of carbonyl (C=O) groups is 1. The van der Waals surface area contributed by atoms with Crippen LogP contribution in [0, 0.1) is 18.7 Å². The number of benzene rings is 1. The topological polar surface area (TPSA) is 52.3 Å². The van der Waals surface area contributed by atoms with E-state index in [-0.39, 0.29) is 23.8 Å². The molecule has 0 unspecified atom stereocenters. The van der Waals surface area contributed by atoms with Crippen molar-refractivity contribution in [1.82, 2.24) is 0 Å². The van der Waals surface area contributed by atoms with Crippen LogP contribution in [0.2, 0.25) is 0 Å². The largest absolute Gasteiger partial charge is 0.461 e. The third-order valence-corrected chi connectivity index (χ3v) is 4.93. The molecule has 2 rings (SSSR count). The van der Waals surface area contributed by atoms with Crippen molar-refractivity contribution in [2.24, 2.45) is 11.7 Å². The predicted molar refractivity (Wildman–Crippen MR) is 89.7 cm³/mol. The molecule has 0 aliphatic heterocycles. The second kappa shape index (κ2) is 7.91. The summed E-state index contributed by atoms with van der Waals surface area (Å²) in [5.74, 6) is -0.0469. The maximum absolute atomic E-state index is 13.5. The van der Waals surface area contributed by atoms with Gasteiger partial charge in [0.15, 0.2) is 0 Å². The van der Waals surface area contributed by atoms with E-state index >= 15 is 0 Å². The van der Waals surface area contributed by atoms with Crippen LogP contribution >= 0.6 is 0 Å². The fourth-order valence-corrected chi connectivity index (χ4v) is 3.76. The van der Waals surface area contributed by atoms with Gasteiger partial charge in [-0.05, 0) is 62.8 Å². The highest BCUT2D eigenvalue weighted by Crippen LogP contribution is 2.40. The summed E-state index contributed by atoms with van der Waals surface area (Å²) in [5, 5.41) is 0. The Bertz CT molecular complexity index is 538. The van der Waals surface area contributed by atoms with E-state index in [4.69, 9.17) is 10.5 Å². The van der Waals surface area contributed by atoms with E-state index in [0.717, 1.165) is 24.0 Å². The summed E-state index contributed by atoms with van der Waals surface area (Å²) in [5.41, 5.74) is 7.63. The first-order valence-corrected chi connectivity index (χ1v) is 8.62. The highest BCUT2D eigenvalue weighted by atomic mass is 19.1. The van der Waals surface area contributed by atoms with Gasteiger partial charge in [-0.15, -0.1) is 0 Å². The van der Waals surface area contributed by atoms with Gasteiger partial charge in [-0.3, -0.25) is 4.79 Å². The molecule has 3 atom stereocenters. The van der Waals surface area contributed by atoms with Crippen LogP contribution in [0.25, 0.3) is 0 Å². The molecule has 1 saturated carbocycles. The summed E-state index contributed by atoms with van der Waals surface area (Å²) in [7, 11) is 0. The summed E-state index contributed by atoms with van der Waals surface area (Å²) >= 11 is 0. The highest BCUT2D eigenvalue weighted by molar-refractivity contribution is 5.75. The Kier molecular flexibility index (Phi) is 6.17. The quantitative estimate of drug-likeness (QED) is 0.832. The Hall–Kier alpha value is -1.42. The number of hydrogen-bond donors (Lipinski definition) is 1. The van der Waals surface area contributed by atoms with Crippen LogP contribution < -0.4 is 5.73 Å². The van der Waals surface area contributed by atoms with Gasteiger partial charge in [-0.2, -0.15) is 0 Å². The third-order valence-electron chi connectivity index (χ3n) is 4.93. The lowest BCUT2D eigenvalue weighted by Gasteiger charge is -2.35. The molecule has 0 heterocycles. The van der Waals surface area contributed by atoms with Gasteiger partial charge in [0.25, 0.3) is 0 Å². The monoisotopic (exact) mass is 321 g/mol. The Morgan fingerprint density at radius 2 is 1.91 bits per heavy atom. The molecule has 1 aliphatic rings. The minimum Gasteiger partial charge on any atom is -0.461 e. The van der Waals surface area contributed by atoms with Gasteiger partial charge in [0.1, 0.15) is 18.0 Å². The summed E-state index contributed by atoms with van der Waals surface area (Å²) in [6.07, 6.45) is 5.66. The fourth-order valence-electron chi connectivity index (χ4n) is 3.76. The average molecular weight is 321 g/mol. The van der Waals surface area contributed by atoms with Crippen LogP contribution in [0.5, 0.6) is 0 Å². The second-order valence-corrected chi connectivity index (χ2v) is 6.86. The summed E-state index contributed by atoms with van der Waals surface area (Å²) in [6, 6.07) is 4.28. The molecule has 0 spiro atoms. The van der Waals surface area contributed by atoms with Gasteiger partial charge in [0, 0.05) is 5.92 Å². The van der Waals surface area contributed by atoms with Crippen molar-refractivity contribution < 1.29 is 13.9 Å². The Morgan fingerprint density at radius 1 is 1.26 bits per heavy atom. The van der Waals surface area contributed by atoms with Crippen LogP contribution in [0.1, 0.15) is 63.0 Å². The molecular weight excluding hydrogens is 293 g/mol. The van der Waals surface area contributed by atoms with Crippen molar-refractivity contribution >= 4 is 5.97 Å². The molecule has 0 bridgehead atoms. The van der Waals surface area contributed by atoms with Crippen molar-refractivity contribution in [1.29, 1.82) is 0 Å². The zero-order valence-electron chi connectivity index (χ0n) is 14.3. The smallest absolute Gasteiger partial charge is 0.322 e. The maximum Gasteiger partial charge on any atom is 0.322 e. The first-order valence-electron chi connectivity index (χ1n) is 8.62. The summed E-state index contributed by atoms with van der Waals surface area (Å²) < 4.78 is 19.1. The minimum absolute atomic E-state index is 0.0959. The highest BCUT2D eigenvalue weighted by Gasteiger charge is 2.33. The molecule has 1 aromatic carbocycles. The molecule has 128 valence electrons. The van der Waals surface area contributed by atoms with Gasteiger partial charge in [-0.1, -0.05) is 25.3 Å². The van der Waals surface area contributed by atoms with Gasteiger partial charge in [-0.25, -0.2) is 4.39 Å². The van der Waals surface area contributed by atoms with Crippen LogP contribution in [0.3, 0.4) is 0 Å². The van der Waals surface area contributed by atoms with E-state index in [1.807, 2.05) is 19.9 Å². The molecule has 0 radical (unpaired) electrons. The van der Waals surface area contributed by atoms with Crippen molar-refractivity contribution in [3.8, 4) is 0 Å². The molecular formula is C19H28FNO2. The Balaban J connectivity index is 2.28. The minimum atomic E-state index is -0.626. The Morgan fingerprint density at radius 3 is 2.48 bits per heavy atom. The van der Waals surface area contributed by atoms with Crippen molar-refractivity contribution in [3.05, 3.63) is 35.1 Å². The standard InChI is InChI=1S/C19H28FNO2/c1-12-11-16(20)9-10-17(12)18(15-7-5-4-6-8-15)14(3)23-19(22)13(2)21/h9-11,13-15,18H,4-8,21H2,1-3H3/t13-,14-,18+/m0/s1. The van der Waals surface area contributed by atoms with Crippen molar-refractivity contribution in [2.75, 3.05) is 0 Å². The molecule has 0 aromatic heterocycles. The van der Waals surface area contributed by atoms with Gasteiger partial charge < -0.3 is 10.5 Å². The van der Waals surface area contributed by atoms with Crippen LogP contribution in [-0.2, 0) is 9.53 Å². The molecule has 1 fully saturated rings. The van der Waals surface area contributed by atoms with Gasteiger partial charge in [0.2, 0.25) is 0 Å². The predicted octanol–water partition coefficient (Wildman–Crippen LogP) is 4.08. The van der Waals surface area contributed by atoms with Crippen LogP contribution in [0.4, 0.5) is 4.39 Å². The van der Waals surface area contributed by atoms with E-state index in [0.29, 0.717) is 5.92 Å². The zero-order valence-corrected chi connectivity index (χ0v) is 14.3. The number of hydrogen-bond acceptors (Lipinski definition) is 3. The van der Waals surface area contributed by atoms with Gasteiger partial charge in [0.05, 0.1) is 0 Å². The molecule has 3 nitrogen and oxygen atoms in total. The molecule has 2 N–H and O–H groups in total. The molecule has 0 amide bonds. The number of aryl methyl sites for hydroxylation is 1. The lowest BCUT2D eigenvalue weighted by molar-refractivity contribution is -0.151. The number of rotatable bonds is 5. The first kappa shape index (κ1) is 17.9. The number of ether oxygens (including phenoxy) is 1. The molecule has 1 aromatic rings. The molecule has 1 aliphatic carbocycles. The number of nitrogens with two attached hydrogens (primary N) is 1. The average Bonchev–Trinajstić information content (AvgIpc) is 2.50. The normalized spacial score (nSPS) is 19.9. The van der Waals surface area contributed by atoms with Crippen molar-refractivity contribution in [2.45, 2.75) is 70.9 Å². The van der Waals surface area contributed by atoms with Crippen LogP contribution in [0.15, 0.2) is 18.2 Å². The lowest BCUT2D eigenvalue weighted by Crippen LogP contribution is -2.36. The maximum atomic E-state index is 13.5.